The van der Waals surface area contributed by atoms with Gasteiger partial charge < -0.3 is 10.6 Å². The van der Waals surface area contributed by atoms with Crippen LogP contribution >= 0.6 is 11.8 Å². The minimum atomic E-state index is -4.53. The van der Waals surface area contributed by atoms with Crippen LogP contribution in [0.1, 0.15) is 39.7 Å². The van der Waals surface area contributed by atoms with Gasteiger partial charge in [0.2, 0.25) is 0 Å². The number of nitrogens with one attached hydrogen (secondary N) is 2. The van der Waals surface area contributed by atoms with Gasteiger partial charge in [0.1, 0.15) is 0 Å². The molecule has 0 aliphatic carbocycles. The monoisotopic (exact) mass is 601 g/mol. The van der Waals surface area contributed by atoms with Crippen molar-refractivity contribution in [3.8, 4) is 5.69 Å². The number of aromatic nitrogens is 3. The lowest BCUT2D eigenvalue weighted by molar-refractivity contribution is -0.137. The van der Waals surface area contributed by atoms with E-state index in [4.69, 9.17) is 0 Å². The minimum absolute atomic E-state index is 0.0280. The summed E-state index contributed by atoms with van der Waals surface area (Å²) in [7, 11) is 0. The molecule has 0 aliphatic rings. The Bertz CT molecular complexity index is 1690. The Morgan fingerprint density at radius 3 is 2.28 bits per heavy atom. The lowest BCUT2D eigenvalue weighted by Gasteiger charge is -2.21. The van der Waals surface area contributed by atoms with Crippen LogP contribution in [0, 0.1) is 13.8 Å². The van der Waals surface area contributed by atoms with Crippen LogP contribution in [0.2, 0.25) is 0 Å². The smallest absolute Gasteiger partial charge is 0.327 e. The van der Waals surface area contributed by atoms with Crippen molar-refractivity contribution in [3.05, 3.63) is 137 Å². The quantitative estimate of drug-likeness (QED) is 0.167. The van der Waals surface area contributed by atoms with E-state index >= 15 is 0 Å². The summed E-state index contributed by atoms with van der Waals surface area (Å²) in [5, 5.41) is 15.2. The molecule has 0 fully saturated rings. The first kappa shape index (κ1) is 29.9. The number of nitrogens with zero attached hydrogens (tertiary/aromatic N) is 3. The Labute approximate surface area is 252 Å². The van der Waals surface area contributed by atoms with E-state index in [0.717, 1.165) is 40.1 Å². The van der Waals surface area contributed by atoms with Gasteiger partial charge in [-0.1, -0.05) is 95.7 Å². The Kier molecular flexibility index (Phi) is 9.16. The first-order valence-corrected chi connectivity index (χ1v) is 14.6. The normalized spacial score (nSPS) is 12.1. The molecule has 1 atom stereocenters. The van der Waals surface area contributed by atoms with Crippen molar-refractivity contribution in [2.75, 3.05) is 5.32 Å². The highest BCUT2D eigenvalue weighted by Crippen LogP contribution is 2.32. The molecule has 0 spiro atoms. The van der Waals surface area contributed by atoms with Crippen molar-refractivity contribution in [2.24, 2.45) is 0 Å². The van der Waals surface area contributed by atoms with Crippen LogP contribution in [0.5, 0.6) is 0 Å². The van der Waals surface area contributed by atoms with Crippen LogP contribution in [-0.2, 0) is 18.3 Å². The van der Waals surface area contributed by atoms with Gasteiger partial charge in [-0.25, -0.2) is 4.79 Å². The zero-order valence-electron chi connectivity index (χ0n) is 23.6. The number of hydrogen-bond acceptors (Lipinski definition) is 4. The van der Waals surface area contributed by atoms with Crippen molar-refractivity contribution in [3.63, 3.8) is 0 Å². The van der Waals surface area contributed by atoms with Crippen molar-refractivity contribution in [2.45, 2.75) is 43.4 Å². The average Bonchev–Trinajstić information content (AvgIpc) is 3.40. The third-order valence-electron chi connectivity index (χ3n) is 6.75. The SMILES string of the molecule is Cc1ccc(-n2c(SCc3cccc(C)c3)nnc2C(Cc2ccccc2)NC(=O)Nc2cccc(C(F)(F)F)c2)cc1. The first-order valence-electron chi connectivity index (χ1n) is 13.6. The van der Waals surface area contributed by atoms with Crippen LogP contribution in [0.3, 0.4) is 0 Å². The van der Waals surface area contributed by atoms with E-state index in [2.05, 4.69) is 33.0 Å². The maximum absolute atomic E-state index is 13.3. The van der Waals surface area contributed by atoms with E-state index in [1.54, 1.807) is 0 Å². The number of carbonyl (C=O) groups excluding carboxylic acids is 1. The number of halogens is 3. The van der Waals surface area contributed by atoms with Crippen molar-refractivity contribution < 1.29 is 18.0 Å². The van der Waals surface area contributed by atoms with Gasteiger partial charge in [0.05, 0.1) is 11.6 Å². The molecule has 1 unspecified atom stereocenters. The summed E-state index contributed by atoms with van der Waals surface area (Å²) in [5.74, 6) is 1.16. The molecule has 2 N–H and O–H groups in total. The zero-order valence-corrected chi connectivity index (χ0v) is 24.4. The maximum atomic E-state index is 13.3. The number of urea groups is 1. The highest BCUT2D eigenvalue weighted by Gasteiger charge is 2.31. The summed E-state index contributed by atoms with van der Waals surface area (Å²) in [6.45, 7) is 4.05. The molecule has 0 bridgehead atoms. The predicted octanol–water partition coefficient (Wildman–Crippen LogP) is 8.30. The van der Waals surface area contributed by atoms with E-state index in [0.29, 0.717) is 23.2 Å². The number of rotatable bonds is 9. The maximum Gasteiger partial charge on any atom is 0.416 e. The highest BCUT2D eigenvalue weighted by atomic mass is 32.2. The third-order valence-corrected chi connectivity index (χ3v) is 7.75. The Hall–Kier alpha value is -4.57. The molecule has 5 rings (SSSR count). The molecule has 1 aromatic heterocycles. The molecule has 6 nitrogen and oxygen atoms in total. The van der Waals surface area contributed by atoms with Crippen LogP contribution in [0.25, 0.3) is 5.69 Å². The molecule has 4 aromatic carbocycles. The van der Waals surface area contributed by atoms with Crippen LogP contribution in [-0.4, -0.2) is 20.8 Å². The van der Waals surface area contributed by atoms with Crippen molar-refractivity contribution >= 4 is 23.5 Å². The summed E-state index contributed by atoms with van der Waals surface area (Å²) in [5.41, 5.74) is 4.35. The summed E-state index contributed by atoms with van der Waals surface area (Å²) < 4.78 is 41.7. The topological polar surface area (TPSA) is 71.8 Å². The first-order chi connectivity index (χ1) is 20.7. The highest BCUT2D eigenvalue weighted by molar-refractivity contribution is 7.98. The number of benzene rings is 4. The number of carbonyl (C=O) groups is 1. The minimum Gasteiger partial charge on any atom is -0.327 e. The third kappa shape index (κ3) is 7.84. The van der Waals surface area contributed by atoms with Crippen molar-refractivity contribution in [1.82, 2.24) is 20.1 Å². The number of anilines is 1. The summed E-state index contributed by atoms with van der Waals surface area (Å²) in [6.07, 6.45) is -4.15. The second-order valence-electron chi connectivity index (χ2n) is 10.2. The van der Waals surface area contributed by atoms with Gasteiger partial charge in [-0.15, -0.1) is 10.2 Å². The molecule has 0 saturated heterocycles. The molecule has 220 valence electrons. The fraction of sp³-hybridized carbons (Fsp3) is 0.182. The largest absolute Gasteiger partial charge is 0.416 e. The average molecular weight is 602 g/mol. The van der Waals surface area contributed by atoms with E-state index in [-0.39, 0.29) is 5.69 Å². The van der Waals surface area contributed by atoms with Gasteiger partial charge in [-0.3, -0.25) is 4.57 Å². The van der Waals surface area contributed by atoms with Crippen molar-refractivity contribution in [1.29, 1.82) is 0 Å². The molecule has 0 aliphatic heterocycles. The second kappa shape index (κ2) is 13.2. The molecule has 1 heterocycles. The Morgan fingerprint density at radius 2 is 1.56 bits per heavy atom. The van der Waals surface area contributed by atoms with Gasteiger partial charge >= 0.3 is 12.2 Å². The zero-order chi connectivity index (χ0) is 30.4. The summed E-state index contributed by atoms with van der Waals surface area (Å²) in [6, 6.07) is 29.0. The number of alkyl halides is 3. The number of hydrogen-bond donors (Lipinski definition) is 2. The van der Waals surface area contributed by atoms with Gasteiger partial charge in [-0.05, 0) is 55.3 Å². The second-order valence-corrected chi connectivity index (χ2v) is 11.2. The predicted molar refractivity (Wildman–Crippen MR) is 163 cm³/mol. The number of aryl methyl sites for hydroxylation is 2. The molecule has 43 heavy (non-hydrogen) atoms. The molecule has 2 amide bonds. The van der Waals surface area contributed by atoms with Crippen LogP contribution < -0.4 is 10.6 Å². The van der Waals surface area contributed by atoms with Gasteiger partial charge in [0.25, 0.3) is 0 Å². The van der Waals surface area contributed by atoms with Gasteiger partial charge in [0.15, 0.2) is 11.0 Å². The standard InChI is InChI=1S/C33H30F3N5OS/c1-22-14-16-28(17-15-22)41-30(39-40-32(41)43-21-25-11-6-8-23(2)18-25)29(19-24-9-4-3-5-10-24)38-31(42)37-27-13-7-12-26(20-27)33(34,35)36/h3-18,20,29H,19,21H2,1-2H3,(H2,37,38,42). The molecular weight excluding hydrogens is 571 g/mol. The van der Waals surface area contributed by atoms with Gasteiger partial charge in [0, 0.05) is 23.5 Å². The molecule has 0 radical (unpaired) electrons. The fourth-order valence-electron chi connectivity index (χ4n) is 4.64. The van der Waals surface area contributed by atoms with E-state index in [1.165, 1.54) is 23.9 Å². The Morgan fingerprint density at radius 1 is 0.837 bits per heavy atom. The van der Waals surface area contributed by atoms with E-state index in [9.17, 15) is 18.0 Å². The number of thioether (sulfide) groups is 1. The summed E-state index contributed by atoms with van der Waals surface area (Å²) >= 11 is 1.53. The van der Waals surface area contributed by atoms with Crippen LogP contribution in [0.15, 0.2) is 108 Å². The lowest BCUT2D eigenvalue weighted by Crippen LogP contribution is -2.35. The molecule has 5 aromatic rings. The number of amides is 2. The molecule has 10 heteroatoms. The van der Waals surface area contributed by atoms with Gasteiger partial charge in [-0.2, -0.15) is 13.2 Å². The van der Waals surface area contributed by atoms with Crippen LogP contribution in [0.4, 0.5) is 23.7 Å². The fourth-order valence-corrected chi connectivity index (χ4v) is 5.54. The Balaban J connectivity index is 1.48. The molecular formula is C33H30F3N5OS. The lowest BCUT2D eigenvalue weighted by atomic mass is 10.1. The summed E-state index contributed by atoms with van der Waals surface area (Å²) in [4.78, 5) is 13.2. The molecule has 0 saturated carbocycles. The van der Waals surface area contributed by atoms with E-state index in [1.807, 2.05) is 85.1 Å². The van der Waals surface area contributed by atoms with E-state index < -0.39 is 23.8 Å².